The van der Waals surface area contributed by atoms with Gasteiger partial charge in [-0.3, -0.25) is 33.6 Å². The number of nitrogens with one attached hydrogen (secondary N) is 3. The summed E-state index contributed by atoms with van der Waals surface area (Å²) in [6.07, 6.45) is 1.05. The van der Waals surface area contributed by atoms with E-state index in [2.05, 4.69) is 22.5 Å². The molecular formula is C28H44N6O8. The highest BCUT2D eigenvalue weighted by molar-refractivity contribution is 5.96. The van der Waals surface area contributed by atoms with Gasteiger partial charge in [-0.2, -0.15) is 0 Å². The Kier molecular flexibility index (Phi) is 12.9. The van der Waals surface area contributed by atoms with Crippen molar-refractivity contribution in [2.24, 2.45) is 11.7 Å². The molecule has 2 fully saturated rings. The average molecular weight is 593 g/mol. The molecule has 234 valence electrons. The van der Waals surface area contributed by atoms with Gasteiger partial charge in [0.2, 0.25) is 29.5 Å². The maximum atomic E-state index is 13.5. The van der Waals surface area contributed by atoms with E-state index >= 15 is 0 Å². The molecule has 42 heavy (non-hydrogen) atoms. The Morgan fingerprint density at radius 3 is 2.43 bits per heavy atom. The summed E-state index contributed by atoms with van der Waals surface area (Å²) in [5.74, 6) is -4.75. The van der Waals surface area contributed by atoms with E-state index in [0.29, 0.717) is 19.3 Å². The largest absolute Gasteiger partial charge is 0.452 e. The number of fused-ring (bicyclic) bond motifs is 1. The molecule has 5 N–H and O–H groups in total. The highest BCUT2D eigenvalue weighted by Crippen LogP contribution is 2.22. The zero-order valence-electron chi connectivity index (χ0n) is 24.9. The third kappa shape index (κ3) is 9.02. The minimum Gasteiger partial charge on any atom is -0.452 e. The molecule has 6 atom stereocenters. The molecule has 2 aliphatic heterocycles. The molecule has 2 heterocycles. The average Bonchev–Trinajstić information content (AvgIpc) is 3.45. The topological polar surface area (TPSA) is 197 Å². The number of hydrogen-bond acceptors (Lipinski definition) is 8. The maximum Gasteiger partial charge on any atom is 0.308 e. The summed E-state index contributed by atoms with van der Waals surface area (Å²) in [7, 11) is 1.38. The summed E-state index contributed by atoms with van der Waals surface area (Å²) >= 11 is 0. The molecular weight excluding hydrogens is 548 g/mol. The van der Waals surface area contributed by atoms with Gasteiger partial charge in [-0.1, -0.05) is 26.3 Å². The van der Waals surface area contributed by atoms with Crippen molar-refractivity contribution in [2.45, 2.75) is 96.0 Å². The second-order valence-corrected chi connectivity index (χ2v) is 10.8. The summed E-state index contributed by atoms with van der Waals surface area (Å²) < 4.78 is 5.42. The van der Waals surface area contributed by atoms with Crippen molar-refractivity contribution in [3.05, 3.63) is 12.7 Å². The zero-order chi connectivity index (χ0) is 31.6. The lowest BCUT2D eigenvalue weighted by Crippen LogP contribution is -2.59. The van der Waals surface area contributed by atoms with Crippen LogP contribution in [-0.2, 0) is 38.3 Å². The number of esters is 1. The minimum atomic E-state index is -1.21. The van der Waals surface area contributed by atoms with Gasteiger partial charge in [-0.15, -0.1) is 6.58 Å². The highest BCUT2D eigenvalue weighted by Gasteiger charge is 2.40. The number of nitrogens with zero attached hydrogens (tertiary/aromatic N) is 2. The number of ether oxygens (including phenoxy) is 1. The summed E-state index contributed by atoms with van der Waals surface area (Å²) in [5, 5.41) is 7.97. The third-order valence-corrected chi connectivity index (χ3v) is 7.79. The van der Waals surface area contributed by atoms with Crippen LogP contribution in [-0.4, -0.2) is 102 Å². The molecule has 0 bridgehead atoms. The molecule has 6 amide bonds. The predicted molar refractivity (Wildman–Crippen MR) is 151 cm³/mol. The van der Waals surface area contributed by atoms with Crippen LogP contribution in [0.5, 0.6) is 0 Å². The number of likely N-dealkylation sites (N-methyl/N-ethyl adjacent to an activating group) is 1. The first kappa shape index (κ1) is 34.2. The van der Waals surface area contributed by atoms with Gasteiger partial charge >= 0.3 is 5.97 Å². The molecule has 2 rings (SSSR count). The third-order valence-electron chi connectivity index (χ3n) is 7.79. The molecule has 14 nitrogen and oxygen atoms in total. The smallest absolute Gasteiger partial charge is 0.308 e. The van der Waals surface area contributed by atoms with Gasteiger partial charge in [0.05, 0.1) is 6.42 Å². The van der Waals surface area contributed by atoms with Crippen LogP contribution in [0.25, 0.3) is 0 Å². The Hall–Kier alpha value is -3.97. The van der Waals surface area contributed by atoms with E-state index in [-0.39, 0.29) is 44.7 Å². The van der Waals surface area contributed by atoms with E-state index < -0.39 is 71.7 Å². The Morgan fingerprint density at radius 1 is 1.12 bits per heavy atom. The van der Waals surface area contributed by atoms with Crippen molar-refractivity contribution in [1.29, 1.82) is 0 Å². The van der Waals surface area contributed by atoms with Gasteiger partial charge in [-0.05, 0) is 32.1 Å². The summed E-state index contributed by atoms with van der Waals surface area (Å²) in [6, 6.07) is -4.19. The number of carbonyl (C=O) groups is 7. The van der Waals surface area contributed by atoms with Crippen molar-refractivity contribution in [3.63, 3.8) is 0 Å². The fourth-order valence-electron chi connectivity index (χ4n) is 4.86. The normalized spacial score (nSPS) is 27.9. The van der Waals surface area contributed by atoms with E-state index in [0.717, 1.165) is 4.90 Å². The molecule has 0 spiro atoms. The van der Waals surface area contributed by atoms with Crippen LogP contribution in [0, 0.1) is 5.92 Å². The zero-order valence-corrected chi connectivity index (χ0v) is 24.9. The molecule has 0 aromatic heterocycles. The van der Waals surface area contributed by atoms with Gasteiger partial charge in [0.15, 0.2) is 6.10 Å². The Bertz CT molecular complexity index is 1070. The lowest BCUT2D eigenvalue weighted by Gasteiger charge is -2.32. The molecule has 0 saturated carbocycles. The second kappa shape index (κ2) is 15.9. The van der Waals surface area contributed by atoms with Crippen LogP contribution in [0.1, 0.15) is 65.7 Å². The van der Waals surface area contributed by atoms with Crippen molar-refractivity contribution < 1.29 is 38.3 Å². The second-order valence-electron chi connectivity index (χ2n) is 10.8. The fraction of sp³-hybridized carbons (Fsp3) is 0.679. The quantitative estimate of drug-likeness (QED) is 0.216. The van der Waals surface area contributed by atoms with Gasteiger partial charge in [-0.25, -0.2) is 0 Å². The first-order valence-corrected chi connectivity index (χ1v) is 14.4. The number of hydrogen-bond donors (Lipinski definition) is 4. The molecule has 0 aromatic carbocycles. The standard InChI is InChI=1S/C28H44N6O8/c1-6-9-20-28(41)34-15-8-10-19(34)25(38)32-23(16(3)7-2)26(39)31-18(11-12-21(29)35)27(40)33(5)17(4)24(37)30-14-13-22(36)42-20/h6,16-20,23H,1,7-15H2,2-5H3,(H2,29,35)(H,30,37)(H,31,39)(H,32,38)/t16-,17-,18-,19-,20?,23-/m0/s1. The van der Waals surface area contributed by atoms with E-state index in [4.69, 9.17) is 10.5 Å². The van der Waals surface area contributed by atoms with Gasteiger partial charge < -0.3 is 36.2 Å². The van der Waals surface area contributed by atoms with Crippen LogP contribution >= 0.6 is 0 Å². The molecule has 14 heteroatoms. The Balaban J connectivity index is 2.48. The van der Waals surface area contributed by atoms with Crippen molar-refractivity contribution in [1.82, 2.24) is 25.8 Å². The van der Waals surface area contributed by atoms with Gasteiger partial charge in [0, 0.05) is 33.0 Å². The van der Waals surface area contributed by atoms with Gasteiger partial charge in [0.25, 0.3) is 5.91 Å². The van der Waals surface area contributed by atoms with Crippen molar-refractivity contribution in [3.8, 4) is 0 Å². The summed E-state index contributed by atoms with van der Waals surface area (Å²) in [4.78, 5) is 93.2. The van der Waals surface area contributed by atoms with Crippen LogP contribution < -0.4 is 21.7 Å². The maximum absolute atomic E-state index is 13.5. The molecule has 1 unspecified atom stereocenters. The number of carbonyl (C=O) groups excluding carboxylic acids is 7. The molecule has 0 radical (unpaired) electrons. The first-order chi connectivity index (χ1) is 19.8. The number of primary amides is 1. The summed E-state index contributed by atoms with van der Waals surface area (Å²) in [5.41, 5.74) is 5.30. The van der Waals surface area contributed by atoms with Crippen LogP contribution in [0.3, 0.4) is 0 Å². The lowest BCUT2D eigenvalue weighted by atomic mass is 9.96. The number of nitrogens with two attached hydrogens (primary N) is 1. The molecule has 2 saturated heterocycles. The molecule has 2 aliphatic rings. The SMILES string of the molecule is C=CCC1OC(=O)CCNC(=O)[C@H](C)N(C)C(=O)[C@H](CCC(N)=O)NC(=O)[C@H]([C@@H](C)CC)NC(=O)[C@@H]2CCCN2C1=O. The van der Waals surface area contributed by atoms with Crippen LogP contribution in [0.15, 0.2) is 12.7 Å². The first-order valence-electron chi connectivity index (χ1n) is 14.4. The van der Waals surface area contributed by atoms with E-state index in [1.807, 2.05) is 6.92 Å². The lowest BCUT2D eigenvalue weighted by molar-refractivity contribution is -0.161. The fourth-order valence-corrected chi connectivity index (χ4v) is 4.86. The van der Waals surface area contributed by atoms with Crippen molar-refractivity contribution >= 4 is 41.4 Å². The number of rotatable bonds is 7. The highest BCUT2D eigenvalue weighted by atomic mass is 16.5. The van der Waals surface area contributed by atoms with E-state index in [1.54, 1.807) is 6.92 Å². The van der Waals surface area contributed by atoms with E-state index in [1.165, 1.54) is 24.9 Å². The van der Waals surface area contributed by atoms with Crippen LogP contribution in [0.4, 0.5) is 0 Å². The predicted octanol–water partition coefficient (Wildman–Crippen LogP) is -0.887. The monoisotopic (exact) mass is 592 g/mol. The van der Waals surface area contributed by atoms with E-state index in [9.17, 15) is 33.6 Å². The number of amides is 6. The summed E-state index contributed by atoms with van der Waals surface area (Å²) in [6.45, 7) is 8.83. The Morgan fingerprint density at radius 2 is 1.81 bits per heavy atom. The Labute approximate surface area is 246 Å². The molecule has 0 aliphatic carbocycles. The number of cyclic esters (lactones) is 1. The minimum absolute atomic E-state index is 0.0241. The van der Waals surface area contributed by atoms with Crippen LogP contribution in [0.2, 0.25) is 0 Å². The van der Waals surface area contributed by atoms with Gasteiger partial charge in [0.1, 0.15) is 24.2 Å². The van der Waals surface area contributed by atoms with Crippen molar-refractivity contribution in [2.75, 3.05) is 20.1 Å². The molecule has 0 aromatic rings.